The summed E-state index contributed by atoms with van der Waals surface area (Å²) in [6, 6.07) is 10.4. The van der Waals surface area contributed by atoms with Crippen LogP contribution in [0.15, 0.2) is 40.8 Å². The predicted octanol–water partition coefficient (Wildman–Crippen LogP) is 4.30. The Hall–Kier alpha value is -1.91. The van der Waals surface area contributed by atoms with Crippen LogP contribution in [0, 0.1) is 0 Å². The molecule has 0 aliphatic heterocycles. The number of aromatic nitrogens is 1. The van der Waals surface area contributed by atoms with Gasteiger partial charge in [-0.2, -0.15) is 0 Å². The molecule has 0 unspecified atom stereocenters. The van der Waals surface area contributed by atoms with Crippen molar-refractivity contribution in [3.05, 3.63) is 52.3 Å². The van der Waals surface area contributed by atoms with Crippen LogP contribution in [0.3, 0.4) is 0 Å². The number of nitrogens with zero attached hydrogens (tertiary/aromatic N) is 1. The van der Waals surface area contributed by atoms with E-state index in [4.69, 9.17) is 38.1 Å². The van der Waals surface area contributed by atoms with E-state index in [-0.39, 0.29) is 6.61 Å². The van der Waals surface area contributed by atoms with E-state index in [1.165, 1.54) is 0 Å². The Kier molecular flexibility index (Phi) is 3.42. The highest BCUT2D eigenvalue weighted by Gasteiger charge is 2.09. The largest absolute Gasteiger partial charge is 0.484 e. The van der Waals surface area contributed by atoms with E-state index in [1.54, 1.807) is 24.3 Å². The number of benzene rings is 2. The lowest BCUT2D eigenvalue weighted by molar-refractivity contribution is 0.267. The van der Waals surface area contributed by atoms with Gasteiger partial charge in [0.2, 0.25) is 5.89 Å². The van der Waals surface area contributed by atoms with Gasteiger partial charge in [-0.1, -0.05) is 29.3 Å². The van der Waals surface area contributed by atoms with Crippen LogP contribution in [0.25, 0.3) is 11.1 Å². The molecule has 0 aliphatic rings. The Bertz CT molecular complexity index is 732. The number of rotatable bonds is 3. The van der Waals surface area contributed by atoms with Gasteiger partial charge in [0.1, 0.15) is 11.3 Å². The molecule has 4 nitrogen and oxygen atoms in total. The van der Waals surface area contributed by atoms with Crippen LogP contribution in [0.1, 0.15) is 5.89 Å². The Balaban J connectivity index is 1.81. The topological polar surface area (TPSA) is 61.3 Å². The lowest BCUT2D eigenvalue weighted by Gasteiger charge is -2.02. The van der Waals surface area contributed by atoms with Gasteiger partial charge in [0, 0.05) is 11.1 Å². The molecule has 0 saturated carbocycles. The number of ether oxygens (including phenoxy) is 1. The minimum atomic E-state index is 0.201. The molecule has 6 heteroatoms. The van der Waals surface area contributed by atoms with E-state index >= 15 is 0 Å². The van der Waals surface area contributed by atoms with Crippen molar-refractivity contribution in [2.45, 2.75) is 6.61 Å². The maximum absolute atomic E-state index is 5.93. The first-order valence-corrected chi connectivity index (χ1v) is 6.60. The fourth-order valence-electron chi connectivity index (χ4n) is 1.78. The molecule has 0 aliphatic carbocycles. The van der Waals surface area contributed by atoms with Crippen LogP contribution in [-0.2, 0) is 6.61 Å². The first-order chi connectivity index (χ1) is 9.61. The van der Waals surface area contributed by atoms with E-state index in [0.717, 1.165) is 0 Å². The molecule has 20 heavy (non-hydrogen) atoms. The summed E-state index contributed by atoms with van der Waals surface area (Å²) in [5.41, 5.74) is 7.39. The number of anilines is 1. The first-order valence-electron chi connectivity index (χ1n) is 5.84. The van der Waals surface area contributed by atoms with Crippen molar-refractivity contribution in [2.24, 2.45) is 0 Å². The Labute approximate surface area is 125 Å². The molecule has 0 bridgehead atoms. The summed E-state index contributed by atoms with van der Waals surface area (Å²) in [7, 11) is 0. The molecule has 0 amide bonds. The zero-order valence-electron chi connectivity index (χ0n) is 10.3. The summed E-state index contributed by atoms with van der Waals surface area (Å²) in [5.74, 6) is 1.10. The molecule has 0 radical (unpaired) electrons. The molecule has 3 aromatic rings. The van der Waals surface area contributed by atoms with Gasteiger partial charge in [0.25, 0.3) is 0 Å². The number of fused-ring (bicyclic) bond motifs is 1. The van der Waals surface area contributed by atoms with Crippen LogP contribution < -0.4 is 10.5 Å². The van der Waals surface area contributed by atoms with Crippen molar-refractivity contribution < 1.29 is 9.15 Å². The second-order valence-corrected chi connectivity index (χ2v) is 5.04. The fourth-order valence-corrected chi connectivity index (χ4v) is 2.11. The number of halogens is 2. The maximum Gasteiger partial charge on any atom is 0.233 e. The second kappa shape index (κ2) is 5.23. The van der Waals surface area contributed by atoms with E-state index in [0.29, 0.717) is 38.5 Å². The van der Waals surface area contributed by atoms with Gasteiger partial charge in [0.05, 0.1) is 10.7 Å². The van der Waals surface area contributed by atoms with E-state index < -0.39 is 0 Å². The molecule has 0 atom stereocenters. The normalized spacial score (nSPS) is 10.9. The number of oxazole rings is 1. The fraction of sp³-hybridized carbons (Fsp3) is 0.0714. The Morgan fingerprint density at radius 1 is 1.20 bits per heavy atom. The highest BCUT2D eigenvalue weighted by Crippen LogP contribution is 2.26. The summed E-state index contributed by atoms with van der Waals surface area (Å²) in [5, 5.41) is 1.06. The zero-order valence-corrected chi connectivity index (χ0v) is 11.8. The van der Waals surface area contributed by atoms with Crippen molar-refractivity contribution in [3.8, 4) is 5.75 Å². The van der Waals surface area contributed by atoms with Crippen LogP contribution in [0.4, 0.5) is 5.69 Å². The van der Waals surface area contributed by atoms with Crippen molar-refractivity contribution in [2.75, 3.05) is 5.73 Å². The van der Waals surface area contributed by atoms with Crippen molar-refractivity contribution in [3.63, 3.8) is 0 Å². The molecule has 2 aromatic carbocycles. The first kappa shape index (κ1) is 13.1. The predicted molar refractivity (Wildman–Crippen MR) is 79.2 cm³/mol. The van der Waals surface area contributed by atoms with Gasteiger partial charge in [0.15, 0.2) is 12.2 Å². The minimum absolute atomic E-state index is 0.201. The number of nitrogen functional groups attached to an aromatic ring is 1. The standard InChI is InChI=1S/C14H10Cl2N2O2/c15-8-2-1-3-9(4-8)19-7-14-18-12-5-10(16)11(17)6-13(12)20-14/h1-6H,7,17H2. The monoisotopic (exact) mass is 308 g/mol. The SMILES string of the molecule is Nc1cc2oc(COc3cccc(Cl)c3)nc2cc1Cl. The molecule has 0 fully saturated rings. The van der Waals surface area contributed by atoms with E-state index in [9.17, 15) is 0 Å². The lowest BCUT2D eigenvalue weighted by Crippen LogP contribution is -1.95. The summed E-state index contributed by atoms with van der Waals surface area (Å²) in [6.45, 7) is 0.201. The number of nitrogens with two attached hydrogens (primary N) is 1. The molecule has 0 spiro atoms. The summed E-state index contributed by atoms with van der Waals surface area (Å²) >= 11 is 11.8. The van der Waals surface area contributed by atoms with Gasteiger partial charge in [-0.25, -0.2) is 4.98 Å². The van der Waals surface area contributed by atoms with Crippen LogP contribution in [0.5, 0.6) is 5.75 Å². The molecular formula is C14H10Cl2N2O2. The molecule has 0 saturated heterocycles. The van der Waals surface area contributed by atoms with Gasteiger partial charge < -0.3 is 14.9 Å². The smallest absolute Gasteiger partial charge is 0.233 e. The average molecular weight is 309 g/mol. The van der Waals surface area contributed by atoms with Gasteiger partial charge in [-0.3, -0.25) is 0 Å². The third-order valence-corrected chi connectivity index (χ3v) is 3.27. The number of hydrogen-bond donors (Lipinski definition) is 1. The van der Waals surface area contributed by atoms with Crippen LogP contribution in [0.2, 0.25) is 10.0 Å². The van der Waals surface area contributed by atoms with Crippen molar-refractivity contribution >= 4 is 40.0 Å². The van der Waals surface area contributed by atoms with Crippen molar-refractivity contribution in [1.82, 2.24) is 4.98 Å². The van der Waals surface area contributed by atoms with Gasteiger partial charge in [-0.05, 0) is 24.3 Å². The highest BCUT2D eigenvalue weighted by atomic mass is 35.5. The average Bonchev–Trinajstić information content (AvgIpc) is 2.79. The number of hydrogen-bond acceptors (Lipinski definition) is 4. The van der Waals surface area contributed by atoms with Crippen LogP contribution in [-0.4, -0.2) is 4.98 Å². The molecule has 102 valence electrons. The Morgan fingerprint density at radius 3 is 2.85 bits per heavy atom. The third kappa shape index (κ3) is 2.66. The minimum Gasteiger partial charge on any atom is -0.484 e. The summed E-state index contributed by atoms with van der Waals surface area (Å²) < 4.78 is 11.1. The molecule has 1 heterocycles. The molecule has 1 aromatic heterocycles. The van der Waals surface area contributed by atoms with Crippen LogP contribution >= 0.6 is 23.2 Å². The third-order valence-electron chi connectivity index (χ3n) is 2.71. The van der Waals surface area contributed by atoms with Crippen molar-refractivity contribution in [1.29, 1.82) is 0 Å². The maximum atomic E-state index is 5.93. The Morgan fingerprint density at radius 2 is 2.05 bits per heavy atom. The molecule has 2 N–H and O–H groups in total. The zero-order chi connectivity index (χ0) is 14.1. The van der Waals surface area contributed by atoms with E-state index in [1.807, 2.05) is 12.1 Å². The highest BCUT2D eigenvalue weighted by molar-refractivity contribution is 6.33. The lowest BCUT2D eigenvalue weighted by atomic mass is 10.3. The molecule has 3 rings (SSSR count). The second-order valence-electron chi connectivity index (χ2n) is 4.20. The molecular weight excluding hydrogens is 299 g/mol. The summed E-state index contributed by atoms with van der Waals surface area (Å²) in [4.78, 5) is 4.29. The van der Waals surface area contributed by atoms with Gasteiger partial charge in [-0.15, -0.1) is 0 Å². The van der Waals surface area contributed by atoms with Gasteiger partial charge >= 0.3 is 0 Å². The van der Waals surface area contributed by atoms with E-state index in [2.05, 4.69) is 4.98 Å². The quantitative estimate of drug-likeness (QED) is 0.733. The summed E-state index contributed by atoms with van der Waals surface area (Å²) in [6.07, 6.45) is 0.